The lowest BCUT2D eigenvalue weighted by Crippen LogP contribution is -2.40. The van der Waals surface area contributed by atoms with Crippen molar-refractivity contribution in [1.29, 1.82) is 0 Å². The van der Waals surface area contributed by atoms with Crippen LogP contribution in [0, 0.1) is 11.8 Å². The quantitative estimate of drug-likeness (QED) is 0.880. The maximum Gasteiger partial charge on any atom is 0.223 e. The lowest BCUT2D eigenvalue weighted by Gasteiger charge is -2.30. The molecule has 1 fully saturated rings. The van der Waals surface area contributed by atoms with Gasteiger partial charge in [-0.2, -0.15) is 0 Å². The highest BCUT2D eigenvalue weighted by Crippen LogP contribution is 2.30. The summed E-state index contributed by atoms with van der Waals surface area (Å²) < 4.78 is 0. The first kappa shape index (κ1) is 13.6. The van der Waals surface area contributed by atoms with Crippen LogP contribution in [-0.4, -0.2) is 12.5 Å². The Hall–Kier alpha value is -0.870. The SMILES string of the molecule is C[C@H](NC(=O)C1CCCCC1CN)c1cccs1. The van der Waals surface area contributed by atoms with Crippen molar-refractivity contribution in [3.63, 3.8) is 0 Å². The third kappa shape index (κ3) is 3.12. The van der Waals surface area contributed by atoms with E-state index in [1.165, 1.54) is 11.3 Å². The first-order chi connectivity index (χ1) is 8.72. The van der Waals surface area contributed by atoms with Crippen LogP contribution < -0.4 is 11.1 Å². The molecule has 0 aliphatic heterocycles. The Morgan fingerprint density at radius 3 is 3.00 bits per heavy atom. The van der Waals surface area contributed by atoms with Gasteiger partial charge in [0.05, 0.1) is 6.04 Å². The summed E-state index contributed by atoms with van der Waals surface area (Å²) in [5.41, 5.74) is 5.78. The number of rotatable bonds is 4. The van der Waals surface area contributed by atoms with E-state index in [2.05, 4.69) is 11.4 Å². The normalized spacial score (nSPS) is 25.7. The van der Waals surface area contributed by atoms with Crippen LogP contribution in [0.15, 0.2) is 17.5 Å². The molecule has 4 heteroatoms. The standard InChI is InChI=1S/C14H22N2OS/c1-10(13-7-4-8-18-13)16-14(17)12-6-3-2-5-11(12)9-15/h4,7-8,10-12H,2-3,5-6,9,15H2,1H3,(H,16,17)/t10-,11?,12?/m0/s1. The number of nitrogens with one attached hydrogen (secondary N) is 1. The van der Waals surface area contributed by atoms with Crippen molar-refractivity contribution < 1.29 is 4.79 Å². The van der Waals surface area contributed by atoms with Crippen molar-refractivity contribution in [3.05, 3.63) is 22.4 Å². The molecule has 1 aromatic heterocycles. The van der Waals surface area contributed by atoms with Crippen LogP contribution in [0.1, 0.15) is 43.5 Å². The first-order valence-corrected chi connectivity index (χ1v) is 7.64. The summed E-state index contributed by atoms with van der Waals surface area (Å²) in [4.78, 5) is 13.5. The highest BCUT2D eigenvalue weighted by atomic mass is 32.1. The van der Waals surface area contributed by atoms with Gasteiger partial charge in [0.1, 0.15) is 0 Å². The van der Waals surface area contributed by atoms with E-state index in [1.54, 1.807) is 11.3 Å². The van der Waals surface area contributed by atoms with Crippen molar-refractivity contribution in [3.8, 4) is 0 Å². The molecule has 3 N–H and O–H groups in total. The predicted octanol–water partition coefficient (Wildman–Crippen LogP) is 2.69. The minimum Gasteiger partial charge on any atom is -0.349 e. The van der Waals surface area contributed by atoms with Crippen LogP contribution in [0.25, 0.3) is 0 Å². The molecule has 100 valence electrons. The Labute approximate surface area is 113 Å². The molecule has 0 saturated heterocycles. The van der Waals surface area contributed by atoms with Crippen LogP contribution in [0.5, 0.6) is 0 Å². The second-order valence-electron chi connectivity index (χ2n) is 5.13. The molecule has 3 atom stereocenters. The van der Waals surface area contributed by atoms with E-state index >= 15 is 0 Å². The van der Waals surface area contributed by atoms with Crippen molar-refractivity contribution >= 4 is 17.2 Å². The molecule has 3 nitrogen and oxygen atoms in total. The van der Waals surface area contributed by atoms with Crippen LogP contribution in [-0.2, 0) is 4.79 Å². The van der Waals surface area contributed by atoms with Crippen LogP contribution in [0.3, 0.4) is 0 Å². The highest BCUT2D eigenvalue weighted by Gasteiger charge is 2.30. The van der Waals surface area contributed by atoms with Gasteiger partial charge in [-0.3, -0.25) is 4.79 Å². The van der Waals surface area contributed by atoms with E-state index in [9.17, 15) is 4.79 Å². The van der Waals surface area contributed by atoms with Gasteiger partial charge in [-0.05, 0) is 43.7 Å². The number of thiophene rings is 1. The third-order valence-electron chi connectivity index (χ3n) is 3.88. The fourth-order valence-electron chi connectivity index (χ4n) is 2.76. The lowest BCUT2D eigenvalue weighted by molar-refractivity contribution is -0.128. The predicted molar refractivity (Wildman–Crippen MR) is 75.4 cm³/mol. The summed E-state index contributed by atoms with van der Waals surface area (Å²) in [5, 5.41) is 5.18. The van der Waals surface area contributed by atoms with E-state index in [0.717, 1.165) is 19.3 Å². The number of carbonyl (C=O) groups excluding carboxylic acids is 1. The molecule has 1 aromatic rings. The zero-order valence-electron chi connectivity index (χ0n) is 10.9. The monoisotopic (exact) mass is 266 g/mol. The molecule has 1 amide bonds. The van der Waals surface area contributed by atoms with Crippen molar-refractivity contribution in [1.82, 2.24) is 5.32 Å². The average Bonchev–Trinajstić information content (AvgIpc) is 2.92. The van der Waals surface area contributed by atoms with Gasteiger partial charge in [-0.15, -0.1) is 11.3 Å². The first-order valence-electron chi connectivity index (χ1n) is 6.76. The van der Waals surface area contributed by atoms with Gasteiger partial charge in [0.2, 0.25) is 5.91 Å². The van der Waals surface area contributed by atoms with Gasteiger partial charge < -0.3 is 11.1 Å². The summed E-state index contributed by atoms with van der Waals surface area (Å²) in [6.45, 7) is 2.68. The van der Waals surface area contributed by atoms with Gasteiger partial charge in [0.15, 0.2) is 0 Å². The minimum atomic E-state index is 0.109. The molecule has 18 heavy (non-hydrogen) atoms. The molecule has 0 aromatic carbocycles. The zero-order chi connectivity index (χ0) is 13.0. The van der Waals surface area contributed by atoms with Gasteiger partial charge >= 0.3 is 0 Å². The molecular formula is C14H22N2OS. The second kappa shape index (κ2) is 6.34. The maximum atomic E-state index is 12.3. The molecular weight excluding hydrogens is 244 g/mol. The average molecular weight is 266 g/mol. The Balaban J connectivity index is 1.94. The second-order valence-corrected chi connectivity index (χ2v) is 6.11. The molecule has 1 aliphatic rings. The Kier molecular flexibility index (Phi) is 4.78. The molecule has 2 rings (SSSR count). The zero-order valence-corrected chi connectivity index (χ0v) is 11.7. The third-order valence-corrected chi connectivity index (χ3v) is 4.93. The Morgan fingerprint density at radius 1 is 1.56 bits per heavy atom. The molecule has 1 saturated carbocycles. The molecule has 0 spiro atoms. The maximum absolute atomic E-state index is 12.3. The summed E-state index contributed by atoms with van der Waals surface area (Å²) in [7, 11) is 0. The largest absolute Gasteiger partial charge is 0.349 e. The van der Waals surface area contributed by atoms with E-state index in [4.69, 9.17) is 5.73 Å². The summed E-state index contributed by atoms with van der Waals surface area (Å²) in [6, 6.07) is 4.20. The topological polar surface area (TPSA) is 55.1 Å². The molecule has 0 radical (unpaired) electrons. The lowest BCUT2D eigenvalue weighted by atomic mass is 9.78. The van der Waals surface area contributed by atoms with Crippen molar-refractivity contribution in [2.24, 2.45) is 17.6 Å². The Bertz CT molecular complexity index is 377. The van der Waals surface area contributed by atoms with Gasteiger partial charge in [0.25, 0.3) is 0 Å². The van der Waals surface area contributed by atoms with E-state index in [0.29, 0.717) is 12.5 Å². The number of nitrogens with two attached hydrogens (primary N) is 1. The number of hydrogen-bond donors (Lipinski definition) is 2. The number of carbonyl (C=O) groups is 1. The van der Waals surface area contributed by atoms with Crippen LogP contribution >= 0.6 is 11.3 Å². The smallest absolute Gasteiger partial charge is 0.223 e. The van der Waals surface area contributed by atoms with Crippen molar-refractivity contribution in [2.75, 3.05) is 6.54 Å². The fraction of sp³-hybridized carbons (Fsp3) is 0.643. The van der Waals surface area contributed by atoms with E-state index in [1.807, 2.05) is 18.4 Å². The van der Waals surface area contributed by atoms with E-state index < -0.39 is 0 Å². The molecule has 0 bridgehead atoms. The molecule has 2 unspecified atom stereocenters. The number of hydrogen-bond acceptors (Lipinski definition) is 3. The van der Waals surface area contributed by atoms with Gasteiger partial charge in [-0.25, -0.2) is 0 Å². The molecule has 1 aliphatic carbocycles. The fourth-order valence-corrected chi connectivity index (χ4v) is 3.50. The minimum absolute atomic E-state index is 0.109. The highest BCUT2D eigenvalue weighted by molar-refractivity contribution is 7.10. The van der Waals surface area contributed by atoms with Gasteiger partial charge in [0, 0.05) is 10.8 Å². The number of amides is 1. The summed E-state index contributed by atoms with van der Waals surface area (Å²) in [6.07, 6.45) is 4.46. The molecule has 1 heterocycles. The van der Waals surface area contributed by atoms with Gasteiger partial charge in [-0.1, -0.05) is 18.9 Å². The van der Waals surface area contributed by atoms with Crippen LogP contribution in [0.2, 0.25) is 0 Å². The van der Waals surface area contributed by atoms with Crippen LogP contribution in [0.4, 0.5) is 0 Å². The van der Waals surface area contributed by atoms with Crippen molar-refractivity contribution in [2.45, 2.75) is 38.6 Å². The summed E-state index contributed by atoms with van der Waals surface area (Å²) >= 11 is 1.69. The Morgan fingerprint density at radius 2 is 2.33 bits per heavy atom. The summed E-state index contributed by atoms with van der Waals surface area (Å²) in [5.74, 6) is 0.673. The van der Waals surface area contributed by atoms with E-state index in [-0.39, 0.29) is 17.9 Å².